The molecule has 0 saturated carbocycles. The smallest absolute Gasteiger partial charge is 0.256 e. The van der Waals surface area contributed by atoms with Crippen LogP contribution in [0, 0.1) is 20.8 Å². The van der Waals surface area contributed by atoms with E-state index in [9.17, 15) is 9.59 Å². The van der Waals surface area contributed by atoms with Crippen LogP contribution in [-0.4, -0.2) is 11.8 Å². The van der Waals surface area contributed by atoms with E-state index in [0.717, 1.165) is 38.2 Å². The van der Waals surface area contributed by atoms with Gasteiger partial charge in [-0.15, -0.1) is 0 Å². The van der Waals surface area contributed by atoms with Gasteiger partial charge in [-0.2, -0.15) is 0 Å². The molecule has 0 aliphatic heterocycles. The van der Waals surface area contributed by atoms with Crippen molar-refractivity contribution in [3.8, 4) is 0 Å². The highest BCUT2D eigenvalue weighted by molar-refractivity contribution is 6.15. The van der Waals surface area contributed by atoms with Crippen molar-refractivity contribution in [1.29, 1.82) is 0 Å². The molecule has 35 heavy (non-hydrogen) atoms. The number of carbonyl (C=O) groups excluding carboxylic acids is 2. The number of nitrogens with one attached hydrogen (secondary N) is 2. The number of amides is 2. The Bertz CT molecular complexity index is 1490. The summed E-state index contributed by atoms with van der Waals surface area (Å²) >= 11 is 0. The molecule has 0 aromatic heterocycles. The van der Waals surface area contributed by atoms with Gasteiger partial charge in [-0.3, -0.25) is 9.59 Å². The molecule has 5 rings (SSSR count). The molecule has 5 aromatic rings. The lowest BCUT2D eigenvalue weighted by Gasteiger charge is -2.19. The van der Waals surface area contributed by atoms with Crippen molar-refractivity contribution < 1.29 is 9.59 Å². The summed E-state index contributed by atoms with van der Waals surface area (Å²) in [5.74, 6) is -0.355. The van der Waals surface area contributed by atoms with Gasteiger partial charge in [0, 0.05) is 22.5 Å². The van der Waals surface area contributed by atoms with Crippen molar-refractivity contribution in [3.63, 3.8) is 0 Å². The molecule has 0 heterocycles. The summed E-state index contributed by atoms with van der Waals surface area (Å²) in [6, 6.07) is 29.1. The second-order valence-electron chi connectivity index (χ2n) is 8.85. The minimum atomic E-state index is -0.178. The zero-order chi connectivity index (χ0) is 24.5. The van der Waals surface area contributed by atoms with E-state index in [0.29, 0.717) is 22.5 Å². The first-order chi connectivity index (χ1) is 16.9. The first-order valence-corrected chi connectivity index (χ1v) is 11.6. The SMILES string of the molecule is Cc1cc(C)c(NC(=O)c2cccc3ccccc23)c(C)c1NC(=O)c1cccc2ccccc12. The van der Waals surface area contributed by atoms with Crippen LogP contribution < -0.4 is 10.6 Å². The zero-order valence-electron chi connectivity index (χ0n) is 20.0. The summed E-state index contributed by atoms with van der Waals surface area (Å²) in [7, 11) is 0. The zero-order valence-corrected chi connectivity index (χ0v) is 20.0. The summed E-state index contributed by atoms with van der Waals surface area (Å²) < 4.78 is 0. The Morgan fingerprint density at radius 2 is 0.943 bits per heavy atom. The first kappa shape index (κ1) is 22.4. The van der Waals surface area contributed by atoms with Crippen LogP contribution in [-0.2, 0) is 0 Å². The van der Waals surface area contributed by atoms with Crippen molar-refractivity contribution in [3.05, 3.63) is 119 Å². The number of fused-ring (bicyclic) bond motifs is 2. The van der Waals surface area contributed by atoms with Crippen molar-refractivity contribution in [2.24, 2.45) is 0 Å². The largest absolute Gasteiger partial charge is 0.321 e. The van der Waals surface area contributed by atoms with Gasteiger partial charge in [0.2, 0.25) is 0 Å². The number of anilines is 2. The number of aryl methyl sites for hydroxylation is 2. The predicted molar refractivity (Wildman–Crippen MR) is 144 cm³/mol. The van der Waals surface area contributed by atoms with Crippen LogP contribution in [0.25, 0.3) is 21.5 Å². The van der Waals surface area contributed by atoms with Gasteiger partial charge in [-0.25, -0.2) is 0 Å². The minimum Gasteiger partial charge on any atom is -0.321 e. The molecule has 172 valence electrons. The van der Waals surface area contributed by atoms with E-state index >= 15 is 0 Å². The minimum absolute atomic E-state index is 0.178. The Balaban J connectivity index is 1.49. The van der Waals surface area contributed by atoms with Crippen LogP contribution in [0.1, 0.15) is 37.4 Å². The summed E-state index contributed by atoms with van der Waals surface area (Å²) in [6.07, 6.45) is 0. The molecule has 0 radical (unpaired) electrons. The van der Waals surface area contributed by atoms with Crippen molar-refractivity contribution in [1.82, 2.24) is 0 Å². The van der Waals surface area contributed by atoms with Gasteiger partial charge in [-0.05, 0) is 71.1 Å². The molecule has 0 fully saturated rings. The molecule has 5 aromatic carbocycles. The number of hydrogen-bond donors (Lipinski definition) is 2. The van der Waals surface area contributed by atoms with Gasteiger partial charge in [0.15, 0.2) is 0 Å². The fourth-order valence-corrected chi connectivity index (χ4v) is 4.78. The molecule has 4 nitrogen and oxygen atoms in total. The average Bonchev–Trinajstić information content (AvgIpc) is 2.88. The summed E-state index contributed by atoms with van der Waals surface area (Å²) in [6.45, 7) is 5.86. The highest BCUT2D eigenvalue weighted by atomic mass is 16.2. The predicted octanol–water partition coefficient (Wildman–Crippen LogP) is 7.42. The molecule has 2 amide bonds. The Labute approximate surface area is 204 Å². The molecule has 0 spiro atoms. The van der Waals surface area contributed by atoms with Gasteiger partial charge in [-0.1, -0.05) is 78.9 Å². The molecule has 0 unspecified atom stereocenters. The van der Waals surface area contributed by atoms with Crippen molar-refractivity contribution >= 4 is 44.7 Å². The van der Waals surface area contributed by atoms with Gasteiger partial charge in [0.05, 0.1) is 0 Å². The summed E-state index contributed by atoms with van der Waals surface area (Å²) in [5.41, 5.74) is 5.36. The van der Waals surface area contributed by atoms with Gasteiger partial charge in [0.25, 0.3) is 11.8 Å². The van der Waals surface area contributed by atoms with Crippen LogP contribution in [0.3, 0.4) is 0 Å². The molecule has 0 aliphatic rings. The van der Waals surface area contributed by atoms with Crippen LogP contribution in [0.4, 0.5) is 11.4 Å². The van der Waals surface area contributed by atoms with E-state index in [1.54, 1.807) is 0 Å². The third-order valence-electron chi connectivity index (χ3n) is 6.52. The third kappa shape index (κ3) is 4.15. The second kappa shape index (κ2) is 9.07. The third-order valence-corrected chi connectivity index (χ3v) is 6.52. The maximum absolute atomic E-state index is 13.3. The average molecular weight is 459 g/mol. The highest BCUT2D eigenvalue weighted by Gasteiger charge is 2.18. The fraction of sp³-hybridized carbons (Fsp3) is 0.0968. The number of hydrogen-bond acceptors (Lipinski definition) is 2. The Kier molecular flexibility index (Phi) is 5.79. The Morgan fingerprint density at radius 1 is 0.543 bits per heavy atom. The second-order valence-corrected chi connectivity index (χ2v) is 8.85. The lowest BCUT2D eigenvalue weighted by Crippen LogP contribution is -2.18. The van der Waals surface area contributed by atoms with Crippen LogP contribution >= 0.6 is 0 Å². The molecule has 4 heteroatoms. The van der Waals surface area contributed by atoms with Crippen LogP contribution in [0.5, 0.6) is 0 Å². The Hall–Kier alpha value is -4.44. The van der Waals surface area contributed by atoms with E-state index in [1.807, 2.05) is 112 Å². The molecule has 0 aliphatic carbocycles. The quantitative estimate of drug-likeness (QED) is 0.294. The lowest BCUT2D eigenvalue weighted by molar-refractivity contribution is 0.102. The molecular formula is C31H26N2O2. The highest BCUT2D eigenvalue weighted by Crippen LogP contribution is 2.33. The van der Waals surface area contributed by atoms with Gasteiger partial charge < -0.3 is 10.6 Å². The van der Waals surface area contributed by atoms with E-state index < -0.39 is 0 Å². The number of carbonyl (C=O) groups is 2. The number of benzene rings is 5. The maximum atomic E-state index is 13.3. The molecule has 0 atom stereocenters. The lowest BCUT2D eigenvalue weighted by atomic mass is 9.99. The van der Waals surface area contributed by atoms with Crippen LogP contribution in [0.2, 0.25) is 0 Å². The normalized spacial score (nSPS) is 10.9. The van der Waals surface area contributed by atoms with Crippen molar-refractivity contribution in [2.75, 3.05) is 10.6 Å². The van der Waals surface area contributed by atoms with Crippen molar-refractivity contribution in [2.45, 2.75) is 20.8 Å². The molecular weight excluding hydrogens is 432 g/mol. The summed E-state index contributed by atoms with van der Waals surface area (Å²) in [5, 5.41) is 10.0. The van der Waals surface area contributed by atoms with Gasteiger partial charge in [0.1, 0.15) is 0 Å². The summed E-state index contributed by atoms with van der Waals surface area (Å²) in [4.78, 5) is 26.6. The van der Waals surface area contributed by atoms with E-state index in [4.69, 9.17) is 0 Å². The molecule has 0 saturated heterocycles. The van der Waals surface area contributed by atoms with E-state index in [-0.39, 0.29) is 11.8 Å². The standard InChI is InChI=1S/C31H26N2O2/c1-19-18-20(2)29(33-31(35)27-17-9-13-23-11-5-7-15-25(23)27)21(3)28(19)32-30(34)26-16-8-12-22-10-4-6-14-24(22)26/h4-18H,1-3H3,(H,32,34)(H,33,35). The topological polar surface area (TPSA) is 58.2 Å². The molecule has 0 bridgehead atoms. The van der Waals surface area contributed by atoms with Crippen LogP contribution in [0.15, 0.2) is 91.0 Å². The fourth-order valence-electron chi connectivity index (χ4n) is 4.78. The molecule has 2 N–H and O–H groups in total. The number of rotatable bonds is 4. The maximum Gasteiger partial charge on any atom is 0.256 e. The van der Waals surface area contributed by atoms with E-state index in [1.165, 1.54) is 0 Å². The Morgan fingerprint density at radius 3 is 1.40 bits per heavy atom. The van der Waals surface area contributed by atoms with Gasteiger partial charge >= 0.3 is 0 Å². The van der Waals surface area contributed by atoms with E-state index in [2.05, 4.69) is 10.6 Å². The monoisotopic (exact) mass is 458 g/mol. The first-order valence-electron chi connectivity index (χ1n) is 11.6.